The summed E-state index contributed by atoms with van der Waals surface area (Å²) in [5.41, 5.74) is 0.330. The minimum atomic E-state index is -0.733. The van der Waals surface area contributed by atoms with E-state index < -0.39 is 11.7 Å². The molecule has 2 aliphatic rings. The molecule has 0 bridgehead atoms. The van der Waals surface area contributed by atoms with E-state index in [0.29, 0.717) is 49.0 Å². The van der Waals surface area contributed by atoms with Gasteiger partial charge < -0.3 is 10.6 Å². The number of aromatic amines is 1. The molecule has 2 aromatic rings. The Kier molecular flexibility index (Phi) is 5.68. The van der Waals surface area contributed by atoms with Crippen LogP contribution in [0.1, 0.15) is 42.5 Å². The summed E-state index contributed by atoms with van der Waals surface area (Å²) in [6.07, 6.45) is 3.89. The summed E-state index contributed by atoms with van der Waals surface area (Å²) >= 11 is 0. The third kappa shape index (κ3) is 4.28. The van der Waals surface area contributed by atoms with Crippen LogP contribution < -0.4 is 10.6 Å². The van der Waals surface area contributed by atoms with Crippen molar-refractivity contribution in [1.29, 1.82) is 5.26 Å². The molecule has 1 saturated heterocycles. The van der Waals surface area contributed by atoms with Crippen LogP contribution in [0.2, 0.25) is 0 Å². The van der Waals surface area contributed by atoms with Crippen molar-refractivity contribution >= 4 is 17.4 Å². The van der Waals surface area contributed by atoms with Gasteiger partial charge in [0.2, 0.25) is 0 Å². The quantitative estimate of drug-likeness (QED) is 0.674. The first-order valence-corrected chi connectivity index (χ1v) is 10.1. The maximum absolute atomic E-state index is 13.2. The summed E-state index contributed by atoms with van der Waals surface area (Å²) in [4.78, 5) is 15.1. The average Bonchev–Trinajstić information content (AvgIpc) is 3.17. The molecule has 4 rings (SSSR count). The number of aromatic nitrogens is 2. The molecule has 0 unspecified atom stereocenters. The van der Waals surface area contributed by atoms with Crippen LogP contribution in [0.15, 0.2) is 30.5 Å². The number of halogens is 2. The maximum atomic E-state index is 13.2. The lowest BCUT2D eigenvalue weighted by Crippen LogP contribution is -2.58. The summed E-state index contributed by atoms with van der Waals surface area (Å²) < 4.78 is 26.3. The van der Waals surface area contributed by atoms with Crippen molar-refractivity contribution in [3.05, 3.63) is 41.8 Å². The smallest absolute Gasteiger partial charge is 0.257 e. The summed E-state index contributed by atoms with van der Waals surface area (Å²) in [7, 11) is 0. The van der Waals surface area contributed by atoms with Gasteiger partial charge in [0.1, 0.15) is 23.4 Å². The zero-order valence-electron chi connectivity index (χ0n) is 16.5. The van der Waals surface area contributed by atoms with E-state index in [9.17, 15) is 18.8 Å². The largest absolute Gasteiger partial charge is 0.345 e. The van der Waals surface area contributed by atoms with Gasteiger partial charge >= 0.3 is 0 Å². The van der Waals surface area contributed by atoms with E-state index in [2.05, 4.69) is 31.8 Å². The topological polar surface area (TPSA) is 96.8 Å². The lowest BCUT2D eigenvalue weighted by molar-refractivity contribution is 0.00289. The van der Waals surface area contributed by atoms with Crippen LogP contribution >= 0.6 is 0 Å². The molecule has 1 aliphatic carbocycles. The molecule has 7 nitrogen and oxygen atoms in total. The zero-order valence-corrected chi connectivity index (χ0v) is 16.5. The molecule has 0 spiro atoms. The number of nitrogens with one attached hydrogen (secondary N) is 3. The number of H-pyrrole nitrogens is 1. The molecule has 0 atom stereocenters. The standard InChI is InChI=1S/C21H24F2N6O/c22-14-1-3-16(4-2-14)26-19-18(11-25-28-19)20(30)27-21(9-10-24)7-5-17(6-8-21)29-12-15(23)13-29/h1-4,11,15,17H,5-9,12-13H2,(H,27,30)(H2,25,26,28). The Bertz CT molecular complexity index is 924. The number of hydrogen-bond acceptors (Lipinski definition) is 5. The van der Waals surface area contributed by atoms with Gasteiger partial charge in [0.15, 0.2) is 0 Å². The summed E-state index contributed by atoms with van der Waals surface area (Å²) in [6, 6.07) is 8.29. The molecule has 2 heterocycles. The SMILES string of the molecule is N#CCC1(NC(=O)c2cn[nH]c2Nc2ccc(F)cc2)CCC(N2CC(F)C2)CC1. The Labute approximate surface area is 173 Å². The third-order valence-corrected chi connectivity index (χ3v) is 6.09. The Hall–Kier alpha value is -2.99. The van der Waals surface area contributed by atoms with Crippen molar-refractivity contribution in [3.63, 3.8) is 0 Å². The predicted octanol–water partition coefficient (Wildman–Crippen LogP) is 3.27. The number of carbonyl (C=O) groups excluding carboxylic acids is 1. The van der Waals surface area contributed by atoms with Crippen LogP contribution in [0.4, 0.5) is 20.3 Å². The molecule has 1 amide bonds. The molecule has 9 heteroatoms. The zero-order chi connectivity index (χ0) is 21.1. The van der Waals surface area contributed by atoms with Gasteiger partial charge in [-0.3, -0.25) is 14.8 Å². The van der Waals surface area contributed by atoms with Crippen LogP contribution in [-0.4, -0.2) is 51.8 Å². The van der Waals surface area contributed by atoms with Crippen molar-refractivity contribution < 1.29 is 13.6 Å². The number of likely N-dealkylation sites (tertiary alicyclic amines) is 1. The number of rotatable bonds is 6. The summed E-state index contributed by atoms with van der Waals surface area (Å²) in [5, 5.41) is 22.1. The first-order valence-electron chi connectivity index (χ1n) is 10.1. The van der Waals surface area contributed by atoms with Gasteiger partial charge in [-0.25, -0.2) is 8.78 Å². The second-order valence-electron chi connectivity index (χ2n) is 8.14. The van der Waals surface area contributed by atoms with Gasteiger partial charge in [-0.1, -0.05) is 0 Å². The number of hydrogen-bond donors (Lipinski definition) is 3. The highest BCUT2D eigenvalue weighted by Gasteiger charge is 2.41. The van der Waals surface area contributed by atoms with Crippen LogP contribution in [0.5, 0.6) is 0 Å². The summed E-state index contributed by atoms with van der Waals surface area (Å²) in [5.74, 6) is -0.276. The molecule has 1 aliphatic heterocycles. The summed E-state index contributed by atoms with van der Waals surface area (Å²) in [6.45, 7) is 0.964. The highest BCUT2D eigenvalue weighted by Crippen LogP contribution is 2.35. The van der Waals surface area contributed by atoms with Crippen LogP contribution in [-0.2, 0) is 0 Å². The lowest BCUT2D eigenvalue weighted by atomic mass is 9.76. The van der Waals surface area contributed by atoms with Gasteiger partial charge in [-0.2, -0.15) is 10.4 Å². The molecule has 1 aromatic heterocycles. The van der Waals surface area contributed by atoms with Gasteiger partial charge in [0, 0.05) is 24.8 Å². The number of alkyl halides is 1. The monoisotopic (exact) mass is 414 g/mol. The fourth-order valence-corrected chi connectivity index (χ4v) is 4.31. The number of anilines is 2. The predicted molar refractivity (Wildman–Crippen MR) is 107 cm³/mol. The second-order valence-corrected chi connectivity index (χ2v) is 8.14. The van der Waals surface area contributed by atoms with E-state index >= 15 is 0 Å². The lowest BCUT2D eigenvalue weighted by Gasteiger charge is -2.47. The highest BCUT2D eigenvalue weighted by atomic mass is 19.1. The number of nitriles is 1. The van der Waals surface area contributed by atoms with Crippen molar-refractivity contribution in [2.75, 3.05) is 18.4 Å². The molecule has 0 radical (unpaired) electrons. The fraction of sp³-hybridized carbons (Fsp3) is 0.476. The molecule has 30 heavy (non-hydrogen) atoms. The number of amides is 1. The number of benzene rings is 1. The van der Waals surface area contributed by atoms with E-state index in [-0.39, 0.29) is 18.1 Å². The molecule has 1 saturated carbocycles. The molecule has 3 N–H and O–H groups in total. The number of nitrogens with zero attached hydrogens (tertiary/aromatic N) is 3. The van der Waals surface area contributed by atoms with Crippen LogP contribution in [0, 0.1) is 17.1 Å². The van der Waals surface area contributed by atoms with Gasteiger partial charge in [0.25, 0.3) is 5.91 Å². The van der Waals surface area contributed by atoms with Gasteiger partial charge in [0.05, 0.1) is 24.2 Å². The van der Waals surface area contributed by atoms with E-state index in [1.165, 1.54) is 18.3 Å². The first-order chi connectivity index (χ1) is 14.5. The second kappa shape index (κ2) is 8.40. The Morgan fingerprint density at radius 2 is 2.00 bits per heavy atom. The van der Waals surface area contributed by atoms with E-state index in [1.807, 2.05) is 0 Å². The van der Waals surface area contributed by atoms with E-state index in [0.717, 1.165) is 12.8 Å². The van der Waals surface area contributed by atoms with Crippen molar-refractivity contribution in [1.82, 2.24) is 20.4 Å². The van der Waals surface area contributed by atoms with Gasteiger partial charge in [-0.15, -0.1) is 0 Å². The minimum absolute atomic E-state index is 0.218. The molecular weight excluding hydrogens is 390 g/mol. The van der Waals surface area contributed by atoms with Crippen molar-refractivity contribution in [2.24, 2.45) is 0 Å². The van der Waals surface area contributed by atoms with Crippen molar-refractivity contribution in [3.8, 4) is 6.07 Å². The fourth-order valence-electron chi connectivity index (χ4n) is 4.31. The Morgan fingerprint density at radius 1 is 1.30 bits per heavy atom. The highest BCUT2D eigenvalue weighted by molar-refractivity contribution is 5.99. The molecular formula is C21H24F2N6O. The van der Waals surface area contributed by atoms with E-state index in [4.69, 9.17) is 0 Å². The van der Waals surface area contributed by atoms with Crippen LogP contribution in [0.3, 0.4) is 0 Å². The molecule has 158 valence electrons. The Morgan fingerprint density at radius 3 is 2.63 bits per heavy atom. The average molecular weight is 414 g/mol. The maximum Gasteiger partial charge on any atom is 0.257 e. The minimum Gasteiger partial charge on any atom is -0.345 e. The first kappa shape index (κ1) is 20.3. The molecule has 1 aromatic carbocycles. The third-order valence-electron chi connectivity index (χ3n) is 6.09. The molecule has 2 fully saturated rings. The van der Waals surface area contributed by atoms with Crippen LogP contribution in [0.25, 0.3) is 0 Å². The normalized spacial score (nSPS) is 24.6. The van der Waals surface area contributed by atoms with Gasteiger partial charge in [-0.05, 0) is 49.9 Å². The Balaban J connectivity index is 1.42. The van der Waals surface area contributed by atoms with E-state index in [1.54, 1.807) is 12.1 Å². The number of carbonyl (C=O) groups is 1. The van der Waals surface area contributed by atoms with Crippen molar-refractivity contribution in [2.45, 2.75) is 49.9 Å².